The van der Waals surface area contributed by atoms with Gasteiger partial charge < -0.3 is 9.84 Å². The molecule has 2 nitrogen and oxygen atoms in total. The predicted octanol–water partition coefficient (Wildman–Crippen LogP) is 4.92. The first kappa shape index (κ1) is 13.5. The number of phenolic OH excluding ortho intramolecular Hbond substituents is 1. The summed E-state index contributed by atoms with van der Waals surface area (Å²) in [7, 11) is 0. The van der Waals surface area contributed by atoms with Gasteiger partial charge >= 0.3 is 0 Å². The number of phenols is 1. The Morgan fingerprint density at radius 3 is 2.42 bits per heavy atom. The lowest BCUT2D eigenvalue weighted by atomic mass is 10.1. The van der Waals surface area contributed by atoms with Gasteiger partial charge in [0.15, 0.2) is 0 Å². The van der Waals surface area contributed by atoms with Crippen molar-refractivity contribution >= 4 is 0 Å². The van der Waals surface area contributed by atoms with Crippen LogP contribution in [0, 0.1) is 0 Å². The maximum atomic E-state index is 9.99. The molecule has 1 N–H and O–H groups in total. The van der Waals surface area contributed by atoms with E-state index in [9.17, 15) is 5.11 Å². The number of benzene rings is 2. The Balaban J connectivity index is 2.02. The normalized spacial score (nSPS) is 10.4. The summed E-state index contributed by atoms with van der Waals surface area (Å²) >= 11 is 0. The molecule has 0 atom stereocenters. The molecule has 0 unspecified atom stereocenters. The highest BCUT2D eigenvalue weighted by molar-refractivity contribution is 5.41. The maximum absolute atomic E-state index is 9.99. The van der Waals surface area contributed by atoms with Crippen molar-refractivity contribution in [1.82, 2.24) is 0 Å². The quantitative estimate of drug-likeness (QED) is 0.743. The minimum Gasteiger partial charge on any atom is -0.508 e. The fourth-order valence-corrected chi connectivity index (χ4v) is 2.01. The van der Waals surface area contributed by atoms with E-state index in [0.717, 1.165) is 24.2 Å². The summed E-state index contributed by atoms with van der Waals surface area (Å²) in [4.78, 5) is 0. The number of rotatable bonds is 6. The molecule has 0 fully saturated rings. The number of ether oxygens (including phenoxy) is 1. The number of aryl methyl sites for hydroxylation is 1. The van der Waals surface area contributed by atoms with Crippen LogP contribution in [-0.4, -0.2) is 5.11 Å². The minimum atomic E-state index is 0.324. The summed E-state index contributed by atoms with van der Waals surface area (Å²) in [6.07, 6.45) is 4.42. The molecule has 0 heterocycles. The second-order valence-corrected chi connectivity index (χ2v) is 4.66. The van der Waals surface area contributed by atoms with Gasteiger partial charge in [0.05, 0.1) is 0 Å². The number of para-hydroxylation sites is 1. The Kier molecular flexibility index (Phi) is 4.85. The number of aromatic hydroxyl groups is 1. The van der Waals surface area contributed by atoms with Crippen LogP contribution in [0.15, 0.2) is 48.5 Å². The SMILES string of the molecule is CCCCCc1ccc(Oc2ccccc2)cc1O. The van der Waals surface area contributed by atoms with Crippen molar-refractivity contribution < 1.29 is 9.84 Å². The summed E-state index contributed by atoms with van der Waals surface area (Å²) in [5.41, 5.74) is 0.994. The Hall–Kier alpha value is -1.96. The molecule has 0 radical (unpaired) electrons. The molecular formula is C17H20O2. The van der Waals surface area contributed by atoms with Crippen molar-refractivity contribution in [3.63, 3.8) is 0 Å². The molecule has 0 bridgehead atoms. The third-order valence-electron chi connectivity index (χ3n) is 3.09. The van der Waals surface area contributed by atoms with Crippen LogP contribution in [0.5, 0.6) is 17.2 Å². The second kappa shape index (κ2) is 6.83. The molecular weight excluding hydrogens is 236 g/mol. The van der Waals surface area contributed by atoms with Crippen LogP contribution in [0.25, 0.3) is 0 Å². The molecule has 100 valence electrons. The first-order valence-corrected chi connectivity index (χ1v) is 6.84. The van der Waals surface area contributed by atoms with E-state index in [1.54, 1.807) is 6.07 Å². The average molecular weight is 256 g/mol. The zero-order chi connectivity index (χ0) is 13.5. The Morgan fingerprint density at radius 1 is 0.947 bits per heavy atom. The van der Waals surface area contributed by atoms with Gasteiger partial charge in [-0.2, -0.15) is 0 Å². The molecule has 0 saturated heterocycles. The molecule has 2 heteroatoms. The molecule has 0 aliphatic carbocycles. The third kappa shape index (κ3) is 4.02. The van der Waals surface area contributed by atoms with Gasteiger partial charge in [0.1, 0.15) is 17.2 Å². The molecule has 0 amide bonds. The highest BCUT2D eigenvalue weighted by Crippen LogP contribution is 2.28. The van der Waals surface area contributed by atoms with Crippen LogP contribution in [-0.2, 0) is 6.42 Å². The van der Waals surface area contributed by atoms with Crippen molar-refractivity contribution in [2.45, 2.75) is 32.6 Å². The summed E-state index contributed by atoms with van der Waals surface area (Å²) in [5.74, 6) is 1.77. The third-order valence-corrected chi connectivity index (χ3v) is 3.09. The van der Waals surface area contributed by atoms with Gasteiger partial charge in [0, 0.05) is 6.07 Å². The Morgan fingerprint density at radius 2 is 1.74 bits per heavy atom. The van der Waals surface area contributed by atoms with Gasteiger partial charge in [0.2, 0.25) is 0 Å². The van der Waals surface area contributed by atoms with Gasteiger partial charge in [-0.3, -0.25) is 0 Å². The van der Waals surface area contributed by atoms with Gasteiger partial charge in [-0.15, -0.1) is 0 Å². The van der Waals surface area contributed by atoms with Crippen LogP contribution >= 0.6 is 0 Å². The number of hydrogen-bond acceptors (Lipinski definition) is 2. The van der Waals surface area contributed by atoms with E-state index in [-0.39, 0.29) is 0 Å². The zero-order valence-corrected chi connectivity index (χ0v) is 11.3. The van der Waals surface area contributed by atoms with Crippen LogP contribution in [0.1, 0.15) is 31.7 Å². The topological polar surface area (TPSA) is 29.5 Å². The van der Waals surface area contributed by atoms with E-state index in [1.165, 1.54) is 12.8 Å². The highest BCUT2D eigenvalue weighted by Gasteiger charge is 2.04. The monoisotopic (exact) mass is 256 g/mol. The Labute approximate surface area is 114 Å². The van der Waals surface area contributed by atoms with Gasteiger partial charge in [-0.05, 0) is 36.6 Å². The summed E-state index contributed by atoms with van der Waals surface area (Å²) in [6.45, 7) is 2.18. The fourth-order valence-electron chi connectivity index (χ4n) is 2.01. The molecule has 0 aliphatic rings. The van der Waals surface area contributed by atoms with E-state index in [2.05, 4.69) is 6.92 Å². The zero-order valence-electron chi connectivity index (χ0n) is 11.3. The molecule has 0 aromatic heterocycles. The summed E-state index contributed by atoms with van der Waals surface area (Å²) < 4.78 is 5.68. The fraction of sp³-hybridized carbons (Fsp3) is 0.294. The van der Waals surface area contributed by atoms with E-state index in [0.29, 0.717) is 11.5 Å². The lowest BCUT2D eigenvalue weighted by molar-refractivity contribution is 0.449. The van der Waals surface area contributed by atoms with Crippen LogP contribution < -0.4 is 4.74 Å². The molecule has 2 aromatic carbocycles. The van der Waals surface area contributed by atoms with E-state index < -0.39 is 0 Å². The van der Waals surface area contributed by atoms with Gasteiger partial charge in [-0.25, -0.2) is 0 Å². The van der Waals surface area contributed by atoms with Crippen LogP contribution in [0.4, 0.5) is 0 Å². The maximum Gasteiger partial charge on any atom is 0.131 e. The summed E-state index contributed by atoms with van der Waals surface area (Å²) in [6, 6.07) is 15.1. The van der Waals surface area contributed by atoms with Crippen LogP contribution in [0.2, 0.25) is 0 Å². The Bertz CT molecular complexity index is 506. The number of hydrogen-bond donors (Lipinski definition) is 1. The van der Waals surface area contributed by atoms with E-state index >= 15 is 0 Å². The average Bonchev–Trinajstić information content (AvgIpc) is 2.43. The predicted molar refractivity (Wildman–Crippen MR) is 77.9 cm³/mol. The molecule has 2 aromatic rings. The van der Waals surface area contributed by atoms with Crippen molar-refractivity contribution in [2.75, 3.05) is 0 Å². The molecule has 19 heavy (non-hydrogen) atoms. The largest absolute Gasteiger partial charge is 0.508 e. The van der Waals surface area contributed by atoms with E-state index in [4.69, 9.17) is 4.74 Å². The molecule has 2 rings (SSSR count). The second-order valence-electron chi connectivity index (χ2n) is 4.66. The molecule has 0 saturated carbocycles. The highest BCUT2D eigenvalue weighted by atomic mass is 16.5. The van der Waals surface area contributed by atoms with Crippen molar-refractivity contribution in [3.8, 4) is 17.2 Å². The van der Waals surface area contributed by atoms with Crippen molar-refractivity contribution in [3.05, 3.63) is 54.1 Å². The lowest BCUT2D eigenvalue weighted by Crippen LogP contribution is -1.89. The first-order chi connectivity index (χ1) is 9.29. The van der Waals surface area contributed by atoms with Gasteiger partial charge in [0.25, 0.3) is 0 Å². The number of unbranched alkanes of at least 4 members (excludes halogenated alkanes) is 2. The summed E-state index contributed by atoms with van der Waals surface area (Å²) in [5, 5.41) is 9.99. The lowest BCUT2D eigenvalue weighted by Gasteiger charge is -2.09. The van der Waals surface area contributed by atoms with Crippen LogP contribution in [0.3, 0.4) is 0 Å². The van der Waals surface area contributed by atoms with Gasteiger partial charge in [-0.1, -0.05) is 44.0 Å². The smallest absolute Gasteiger partial charge is 0.131 e. The molecule has 0 aliphatic heterocycles. The minimum absolute atomic E-state index is 0.324. The van der Waals surface area contributed by atoms with E-state index in [1.807, 2.05) is 42.5 Å². The van der Waals surface area contributed by atoms with Crippen molar-refractivity contribution in [1.29, 1.82) is 0 Å². The van der Waals surface area contributed by atoms with Crippen molar-refractivity contribution in [2.24, 2.45) is 0 Å². The first-order valence-electron chi connectivity index (χ1n) is 6.84. The molecule has 0 spiro atoms. The standard InChI is InChI=1S/C17H20O2/c1-2-3-5-8-14-11-12-16(13-17(14)18)19-15-9-6-4-7-10-15/h4,6-7,9-13,18H,2-3,5,8H2,1H3.